The molecule has 13 heavy (non-hydrogen) atoms. The van der Waals surface area contributed by atoms with Crippen molar-refractivity contribution in [3.63, 3.8) is 0 Å². The van der Waals surface area contributed by atoms with Crippen LogP contribution >= 0.6 is 0 Å². The maximum atomic E-state index is 9.47. The predicted molar refractivity (Wildman–Crippen MR) is 50.3 cm³/mol. The molecule has 0 aliphatic carbocycles. The Morgan fingerprint density at radius 3 is 2.46 bits per heavy atom. The van der Waals surface area contributed by atoms with E-state index < -0.39 is 0 Å². The molecule has 3 heteroatoms. The molecule has 0 amide bonds. The molecule has 0 heterocycles. The molecule has 1 aromatic carbocycles. The van der Waals surface area contributed by atoms with Gasteiger partial charge >= 0.3 is 0 Å². The Kier molecular flexibility index (Phi) is 3.01. The van der Waals surface area contributed by atoms with Gasteiger partial charge in [-0.05, 0) is 25.0 Å². The number of phenolic OH excluding ortho intramolecular Hbond substituents is 2. The lowest BCUT2D eigenvalue weighted by molar-refractivity contribution is 0.305. The molecule has 0 saturated carbocycles. The lowest BCUT2D eigenvalue weighted by Gasteiger charge is -2.11. The van der Waals surface area contributed by atoms with Crippen molar-refractivity contribution in [1.82, 2.24) is 0 Å². The van der Waals surface area contributed by atoms with Crippen molar-refractivity contribution in [2.24, 2.45) is 0 Å². The van der Waals surface area contributed by atoms with Gasteiger partial charge in [0.05, 0.1) is 6.61 Å². The molecule has 0 aliphatic heterocycles. The molecule has 0 saturated heterocycles. The SMILES string of the molecule is CCOc1c(CC)ccc(O)c1O. The number of ether oxygens (including phenoxy) is 1. The summed E-state index contributed by atoms with van der Waals surface area (Å²) < 4.78 is 5.23. The maximum Gasteiger partial charge on any atom is 0.200 e. The zero-order chi connectivity index (χ0) is 9.84. The van der Waals surface area contributed by atoms with Gasteiger partial charge in [0.2, 0.25) is 5.75 Å². The van der Waals surface area contributed by atoms with Gasteiger partial charge in [0.25, 0.3) is 0 Å². The van der Waals surface area contributed by atoms with Crippen LogP contribution < -0.4 is 4.74 Å². The number of hydrogen-bond donors (Lipinski definition) is 2. The number of benzene rings is 1. The van der Waals surface area contributed by atoms with Gasteiger partial charge in [0, 0.05) is 0 Å². The van der Waals surface area contributed by atoms with Crippen molar-refractivity contribution >= 4 is 0 Å². The van der Waals surface area contributed by atoms with Crippen molar-refractivity contribution in [2.75, 3.05) is 6.61 Å². The van der Waals surface area contributed by atoms with E-state index in [0.29, 0.717) is 12.4 Å². The van der Waals surface area contributed by atoms with E-state index in [1.165, 1.54) is 6.07 Å². The molecule has 72 valence electrons. The Morgan fingerprint density at radius 1 is 1.23 bits per heavy atom. The Balaban J connectivity index is 3.15. The first-order valence-electron chi connectivity index (χ1n) is 4.37. The zero-order valence-electron chi connectivity index (χ0n) is 7.87. The predicted octanol–water partition coefficient (Wildman–Crippen LogP) is 2.06. The van der Waals surface area contributed by atoms with E-state index in [9.17, 15) is 10.2 Å². The second kappa shape index (κ2) is 4.03. The molecule has 0 unspecified atom stereocenters. The fraction of sp³-hybridized carbons (Fsp3) is 0.400. The summed E-state index contributed by atoms with van der Waals surface area (Å²) in [5.74, 6) is 0.0897. The summed E-state index contributed by atoms with van der Waals surface area (Å²) >= 11 is 0. The van der Waals surface area contributed by atoms with Crippen LogP contribution in [0.5, 0.6) is 17.2 Å². The van der Waals surface area contributed by atoms with E-state index in [1.54, 1.807) is 6.07 Å². The van der Waals surface area contributed by atoms with E-state index in [4.69, 9.17) is 4.74 Å². The molecule has 0 atom stereocenters. The topological polar surface area (TPSA) is 49.7 Å². The van der Waals surface area contributed by atoms with Crippen molar-refractivity contribution in [1.29, 1.82) is 0 Å². The number of phenols is 2. The van der Waals surface area contributed by atoms with Crippen molar-refractivity contribution in [3.05, 3.63) is 17.7 Å². The number of aryl methyl sites for hydroxylation is 1. The molecule has 0 bridgehead atoms. The van der Waals surface area contributed by atoms with Gasteiger partial charge in [0.1, 0.15) is 0 Å². The smallest absolute Gasteiger partial charge is 0.200 e. The summed E-state index contributed by atoms with van der Waals surface area (Å²) in [4.78, 5) is 0. The Bertz CT molecular complexity index is 294. The Morgan fingerprint density at radius 2 is 1.92 bits per heavy atom. The van der Waals surface area contributed by atoms with Gasteiger partial charge in [-0.1, -0.05) is 13.0 Å². The van der Waals surface area contributed by atoms with Gasteiger partial charge in [0.15, 0.2) is 11.5 Å². The molecule has 3 nitrogen and oxygen atoms in total. The summed E-state index contributed by atoms with van der Waals surface area (Å²) in [5.41, 5.74) is 0.900. The maximum absolute atomic E-state index is 9.47. The first-order chi connectivity index (χ1) is 6.20. The molecule has 2 N–H and O–H groups in total. The molecular formula is C10H14O3. The fourth-order valence-corrected chi connectivity index (χ4v) is 1.19. The van der Waals surface area contributed by atoms with Crippen LogP contribution in [0.3, 0.4) is 0 Å². The highest BCUT2D eigenvalue weighted by Crippen LogP contribution is 2.38. The zero-order valence-corrected chi connectivity index (χ0v) is 7.87. The van der Waals surface area contributed by atoms with Crippen molar-refractivity contribution in [3.8, 4) is 17.2 Å². The van der Waals surface area contributed by atoms with Crippen LogP contribution in [0.1, 0.15) is 19.4 Å². The molecule has 0 spiro atoms. The molecule has 0 radical (unpaired) electrons. The van der Waals surface area contributed by atoms with E-state index in [2.05, 4.69) is 0 Å². The average Bonchev–Trinajstić information content (AvgIpc) is 2.14. The minimum absolute atomic E-state index is 0.138. The fourth-order valence-electron chi connectivity index (χ4n) is 1.19. The third-order valence-electron chi connectivity index (χ3n) is 1.86. The second-order valence-electron chi connectivity index (χ2n) is 2.71. The number of aromatic hydroxyl groups is 2. The van der Waals surface area contributed by atoms with Crippen LogP contribution in [0.4, 0.5) is 0 Å². The molecule has 0 fully saturated rings. The van der Waals surface area contributed by atoms with Crippen LogP contribution in [-0.4, -0.2) is 16.8 Å². The van der Waals surface area contributed by atoms with E-state index in [1.807, 2.05) is 13.8 Å². The Labute approximate surface area is 77.6 Å². The van der Waals surface area contributed by atoms with Crippen LogP contribution in [0.25, 0.3) is 0 Å². The minimum Gasteiger partial charge on any atom is -0.504 e. The summed E-state index contributed by atoms with van der Waals surface area (Å²) in [5, 5.41) is 18.7. The molecular weight excluding hydrogens is 168 g/mol. The third kappa shape index (κ3) is 1.86. The van der Waals surface area contributed by atoms with Gasteiger partial charge in [-0.2, -0.15) is 0 Å². The summed E-state index contributed by atoms with van der Waals surface area (Å²) in [6, 6.07) is 3.22. The summed E-state index contributed by atoms with van der Waals surface area (Å²) in [7, 11) is 0. The van der Waals surface area contributed by atoms with E-state index >= 15 is 0 Å². The minimum atomic E-state index is -0.166. The van der Waals surface area contributed by atoms with Crippen molar-refractivity contribution in [2.45, 2.75) is 20.3 Å². The van der Waals surface area contributed by atoms with Gasteiger partial charge in [-0.25, -0.2) is 0 Å². The van der Waals surface area contributed by atoms with Crippen LogP contribution in [-0.2, 0) is 6.42 Å². The van der Waals surface area contributed by atoms with E-state index in [-0.39, 0.29) is 11.5 Å². The quantitative estimate of drug-likeness (QED) is 0.703. The largest absolute Gasteiger partial charge is 0.504 e. The van der Waals surface area contributed by atoms with Gasteiger partial charge < -0.3 is 14.9 Å². The second-order valence-corrected chi connectivity index (χ2v) is 2.71. The van der Waals surface area contributed by atoms with Crippen molar-refractivity contribution < 1.29 is 14.9 Å². The summed E-state index contributed by atoms with van der Waals surface area (Å²) in [6.45, 7) is 4.28. The van der Waals surface area contributed by atoms with Gasteiger partial charge in [-0.3, -0.25) is 0 Å². The van der Waals surface area contributed by atoms with Crippen LogP contribution in [0.2, 0.25) is 0 Å². The number of hydrogen-bond acceptors (Lipinski definition) is 3. The summed E-state index contributed by atoms with van der Waals surface area (Å²) in [6.07, 6.45) is 0.767. The van der Waals surface area contributed by atoms with Gasteiger partial charge in [-0.15, -0.1) is 0 Å². The lowest BCUT2D eigenvalue weighted by atomic mass is 10.1. The third-order valence-corrected chi connectivity index (χ3v) is 1.86. The highest BCUT2D eigenvalue weighted by atomic mass is 16.5. The average molecular weight is 182 g/mol. The molecule has 1 rings (SSSR count). The number of rotatable bonds is 3. The van der Waals surface area contributed by atoms with Crippen LogP contribution in [0, 0.1) is 0 Å². The monoisotopic (exact) mass is 182 g/mol. The molecule has 1 aromatic rings. The highest BCUT2D eigenvalue weighted by molar-refractivity contribution is 5.54. The Hall–Kier alpha value is -1.38. The molecule has 0 aromatic heterocycles. The first kappa shape index (κ1) is 9.71. The normalized spacial score (nSPS) is 10.0. The molecule has 0 aliphatic rings. The first-order valence-corrected chi connectivity index (χ1v) is 4.37. The highest BCUT2D eigenvalue weighted by Gasteiger charge is 2.11. The van der Waals surface area contributed by atoms with E-state index in [0.717, 1.165) is 12.0 Å². The lowest BCUT2D eigenvalue weighted by Crippen LogP contribution is -1.96. The van der Waals surface area contributed by atoms with Crippen LogP contribution in [0.15, 0.2) is 12.1 Å². The standard InChI is InChI=1S/C10H14O3/c1-3-7-5-6-8(11)9(12)10(7)13-4-2/h5-6,11-12H,3-4H2,1-2H3.